The first-order chi connectivity index (χ1) is 12.8. The number of hydrogen-bond acceptors (Lipinski definition) is 5. The average Bonchev–Trinajstić information content (AvgIpc) is 3.18. The van der Waals surface area contributed by atoms with Gasteiger partial charge in [0.2, 0.25) is 5.91 Å². The van der Waals surface area contributed by atoms with E-state index < -0.39 is 10.3 Å². The van der Waals surface area contributed by atoms with Gasteiger partial charge in [-0.2, -0.15) is 0 Å². The van der Waals surface area contributed by atoms with Gasteiger partial charge in [-0.3, -0.25) is 19.7 Å². The number of nitro groups is 1. The van der Waals surface area contributed by atoms with E-state index >= 15 is 0 Å². The molecule has 0 spiro atoms. The topological polar surface area (TPSA) is 83.8 Å². The van der Waals surface area contributed by atoms with Crippen molar-refractivity contribution in [1.29, 1.82) is 0 Å². The van der Waals surface area contributed by atoms with Crippen molar-refractivity contribution in [3.8, 4) is 0 Å². The van der Waals surface area contributed by atoms with Gasteiger partial charge in [-0.25, -0.2) is 0 Å². The summed E-state index contributed by atoms with van der Waals surface area (Å²) in [7, 11) is 0. The molecule has 0 unspecified atom stereocenters. The lowest BCUT2D eigenvalue weighted by atomic mass is 9.83. The third-order valence-corrected chi connectivity index (χ3v) is 5.89. The van der Waals surface area contributed by atoms with Crippen LogP contribution in [0.1, 0.15) is 29.1 Å². The summed E-state index contributed by atoms with van der Waals surface area (Å²) in [6.45, 7) is 5.56. The van der Waals surface area contributed by atoms with E-state index in [4.69, 9.17) is 0 Å². The first kappa shape index (κ1) is 19.0. The molecule has 1 aromatic heterocycles. The molecule has 0 N–H and O–H groups in total. The van der Waals surface area contributed by atoms with Crippen molar-refractivity contribution in [2.75, 3.05) is 26.2 Å². The zero-order chi connectivity index (χ0) is 19.6. The smallest absolute Gasteiger partial charge is 0.324 e. The fraction of sp³-hybridized carbons (Fsp3) is 0.368. The highest BCUT2D eigenvalue weighted by molar-refractivity contribution is 7.17. The fourth-order valence-corrected chi connectivity index (χ4v) is 3.97. The molecule has 0 radical (unpaired) electrons. The second kappa shape index (κ2) is 7.48. The molecule has 0 aliphatic carbocycles. The Morgan fingerprint density at radius 1 is 1.00 bits per heavy atom. The van der Waals surface area contributed by atoms with Gasteiger partial charge in [-0.1, -0.05) is 41.7 Å². The van der Waals surface area contributed by atoms with Gasteiger partial charge in [0.25, 0.3) is 5.91 Å². The van der Waals surface area contributed by atoms with Crippen LogP contribution in [0.15, 0.2) is 42.5 Å². The van der Waals surface area contributed by atoms with Gasteiger partial charge in [0.1, 0.15) is 0 Å². The predicted octanol–water partition coefficient (Wildman–Crippen LogP) is 2.92. The molecule has 0 atom stereocenters. The molecule has 2 heterocycles. The third kappa shape index (κ3) is 3.85. The van der Waals surface area contributed by atoms with E-state index in [0.29, 0.717) is 31.1 Å². The molecular weight excluding hydrogens is 366 g/mol. The van der Waals surface area contributed by atoms with Gasteiger partial charge in [-0.15, -0.1) is 0 Å². The highest BCUT2D eigenvalue weighted by atomic mass is 32.1. The van der Waals surface area contributed by atoms with Crippen LogP contribution in [-0.2, 0) is 10.2 Å². The second-order valence-corrected chi connectivity index (χ2v) is 8.03. The second-order valence-electron chi connectivity index (χ2n) is 6.97. The summed E-state index contributed by atoms with van der Waals surface area (Å²) in [5, 5.41) is 10.7. The number of hydrogen-bond donors (Lipinski definition) is 0. The molecule has 27 heavy (non-hydrogen) atoms. The summed E-state index contributed by atoms with van der Waals surface area (Å²) in [6.07, 6.45) is 0. The zero-order valence-electron chi connectivity index (χ0n) is 15.3. The van der Waals surface area contributed by atoms with Crippen molar-refractivity contribution in [2.45, 2.75) is 19.3 Å². The number of thiophene rings is 1. The summed E-state index contributed by atoms with van der Waals surface area (Å²) in [5.41, 5.74) is 0.321. The van der Waals surface area contributed by atoms with Gasteiger partial charge in [0, 0.05) is 32.2 Å². The maximum Gasteiger partial charge on any atom is 0.324 e. The van der Waals surface area contributed by atoms with E-state index in [1.54, 1.807) is 9.80 Å². The number of carbonyl (C=O) groups excluding carboxylic acids is 2. The van der Waals surface area contributed by atoms with Crippen LogP contribution in [0.3, 0.4) is 0 Å². The van der Waals surface area contributed by atoms with Crippen molar-refractivity contribution < 1.29 is 14.5 Å². The number of rotatable bonds is 4. The van der Waals surface area contributed by atoms with Crippen molar-refractivity contribution >= 4 is 28.2 Å². The van der Waals surface area contributed by atoms with Gasteiger partial charge >= 0.3 is 5.00 Å². The minimum Gasteiger partial charge on any atom is -0.338 e. The monoisotopic (exact) mass is 387 g/mol. The molecule has 2 amide bonds. The number of benzene rings is 1. The fourth-order valence-electron chi connectivity index (χ4n) is 3.18. The Balaban J connectivity index is 1.63. The van der Waals surface area contributed by atoms with Gasteiger partial charge in [0.05, 0.1) is 15.2 Å². The molecule has 3 rings (SSSR count). The Labute approximate surface area is 161 Å². The summed E-state index contributed by atoms with van der Waals surface area (Å²) in [5.74, 6) is -0.185. The highest BCUT2D eigenvalue weighted by Crippen LogP contribution is 2.28. The lowest BCUT2D eigenvalue weighted by molar-refractivity contribution is -0.380. The van der Waals surface area contributed by atoms with Crippen LogP contribution >= 0.6 is 11.3 Å². The van der Waals surface area contributed by atoms with Crippen molar-refractivity contribution in [3.05, 3.63) is 63.0 Å². The standard InChI is InChI=1S/C19H21N3O4S/c1-19(2,14-6-4-3-5-7-14)18(24)21-12-10-20(11-13-21)17(23)15-8-9-16(27-15)22(25)26/h3-9H,10-13H2,1-2H3. The molecule has 0 saturated carbocycles. The predicted molar refractivity (Wildman–Crippen MR) is 103 cm³/mol. The SMILES string of the molecule is CC(C)(C(=O)N1CCN(C(=O)c2ccc([N+](=O)[O-])s2)CC1)c1ccccc1. The molecule has 1 aliphatic heterocycles. The summed E-state index contributed by atoms with van der Waals surface area (Å²) in [4.78, 5) is 39.6. The molecule has 1 aliphatic rings. The molecule has 1 aromatic carbocycles. The Morgan fingerprint density at radius 2 is 1.59 bits per heavy atom. The summed E-state index contributed by atoms with van der Waals surface area (Å²) < 4.78 is 0. The Hall–Kier alpha value is -2.74. The first-order valence-electron chi connectivity index (χ1n) is 8.69. The third-order valence-electron chi connectivity index (χ3n) is 4.87. The lowest BCUT2D eigenvalue weighted by Crippen LogP contribution is -2.54. The number of nitrogens with zero attached hydrogens (tertiary/aromatic N) is 3. The Kier molecular flexibility index (Phi) is 5.27. The van der Waals surface area contributed by atoms with E-state index in [0.717, 1.165) is 16.9 Å². The van der Waals surface area contributed by atoms with Crippen molar-refractivity contribution in [2.24, 2.45) is 0 Å². The molecule has 1 saturated heterocycles. The molecule has 1 fully saturated rings. The summed E-state index contributed by atoms with van der Waals surface area (Å²) in [6, 6.07) is 12.5. The first-order valence-corrected chi connectivity index (χ1v) is 9.51. The van der Waals surface area contributed by atoms with E-state index in [1.165, 1.54) is 12.1 Å². The molecule has 8 heteroatoms. The van der Waals surface area contributed by atoms with Gasteiger partial charge in [-0.05, 0) is 25.5 Å². The minimum absolute atomic E-state index is 0.0348. The molecule has 2 aromatic rings. The highest BCUT2D eigenvalue weighted by Gasteiger charge is 2.36. The van der Waals surface area contributed by atoms with E-state index in [1.807, 2.05) is 44.2 Å². The molecule has 0 bridgehead atoms. The van der Waals surface area contributed by atoms with Crippen LogP contribution in [0.2, 0.25) is 0 Å². The van der Waals surface area contributed by atoms with E-state index in [2.05, 4.69) is 0 Å². The maximum absolute atomic E-state index is 13.0. The van der Waals surface area contributed by atoms with Crippen LogP contribution in [0.5, 0.6) is 0 Å². The normalized spacial score (nSPS) is 14.9. The number of amides is 2. The maximum atomic E-state index is 13.0. The molecular formula is C19H21N3O4S. The average molecular weight is 387 g/mol. The lowest BCUT2D eigenvalue weighted by Gasteiger charge is -2.38. The van der Waals surface area contributed by atoms with Crippen LogP contribution in [0, 0.1) is 10.1 Å². The van der Waals surface area contributed by atoms with E-state index in [-0.39, 0.29) is 16.8 Å². The van der Waals surface area contributed by atoms with Crippen LogP contribution < -0.4 is 0 Å². The Bertz CT molecular complexity index is 855. The van der Waals surface area contributed by atoms with Gasteiger partial charge < -0.3 is 9.80 Å². The largest absolute Gasteiger partial charge is 0.338 e. The minimum atomic E-state index is -0.637. The van der Waals surface area contributed by atoms with Gasteiger partial charge in [0.15, 0.2) is 0 Å². The zero-order valence-corrected chi connectivity index (χ0v) is 16.1. The number of piperazine rings is 1. The van der Waals surface area contributed by atoms with Crippen LogP contribution in [0.4, 0.5) is 5.00 Å². The van der Waals surface area contributed by atoms with Crippen molar-refractivity contribution in [3.63, 3.8) is 0 Å². The Morgan fingerprint density at radius 3 is 2.15 bits per heavy atom. The summed E-state index contributed by atoms with van der Waals surface area (Å²) >= 11 is 0.881. The molecule has 142 valence electrons. The van der Waals surface area contributed by atoms with Crippen molar-refractivity contribution in [1.82, 2.24) is 9.80 Å². The quantitative estimate of drug-likeness (QED) is 0.596. The number of carbonyl (C=O) groups is 2. The van der Waals surface area contributed by atoms with Crippen LogP contribution in [-0.4, -0.2) is 52.7 Å². The van der Waals surface area contributed by atoms with Crippen LogP contribution in [0.25, 0.3) is 0 Å². The molecule has 7 nitrogen and oxygen atoms in total. The van der Waals surface area contributed by atoms with E-state index in [9.17, 15) is 19.7 Å².